The SMILES string of the molecule is CP(=O)(ON1CCOCC1)c1ccc(C(=O)Nc2ccc(Cl)c(-c3ccccn3)c2)cc1. The van der Waals surface area contributed by atoms with Crippen molar-refractivity contribution in [1.82, 2.24) is 10.0 Å². The lowest BCUT2D eigenvalue weighted by Crippen LogP contribution is -2.36. The number of anilines is 1. The van der Waals surface area contributed by atoms with Gasteiger partial charge in [-0.25, -0.2) is 4.62 Å². The lowest BCUT2D eigenvalue weighted by Gasteiger charge is -2.28. The van der Waals surface area contributed by atoms with E-state index in [1.807, 2.05) is 18.2 Å². The molecule has 2 aromatic carbocycles. The normalized spacial score (nSPS) is 16.3. The van der Waals surface area contributed by atoms with Crippen LogP contribution in [0.5, 0.6) is 0 Å². The van der Waals surface area contributed by atoms with Gasteiger partial charge in [-0.05, 0) is 54.6 Å². The van der Waals surface area contributed by atoms with Gasteiger partial charge in [0.2, 0.25) is 7.37 Å². The monoisotopic (exact) mass is 471 g/mol. The van der Waals surface area contributed by atoms with Crippen molar-refractivity contribution in [3.05, 3.63) is 77.4 Å². The number of carbonyl (C=O) groups is 1. The van der Waals surface area contributed by atoms with Gasteiger partial charge < -0.3 is 10.1 Å². The maximum Gasteiger partial charge on any atom is 0.255 e. The molecule has 0 radical (unpaired) electrons. The van der Waals surface area contributed by atoms with Gasteiger partial charge in [-0.2, -0.15) is 5.06 Å². The highest BCUT2D eigenvalue weighted by Crippen LogP contribution is 2.42. The fourth-order valence-corrected chi connectivity index (χ4v) is 4.91. The first-order chi connectivity index (χ1) is 15.4. The molecular weight excluding hydrogens is 449 g/mol. The highest BCUT2D eigenvalue weighted by atomic mass is 35.5. The molecule has 1 atom stereocenters. The number of hydrogen-bond acceptors (Lipinski definition) is 6. The molecule has 1 aromatic heterocycles. The van der Waals surface area contributed by atoms with Crippen molar-refractivity contribution >= 4 is 35.9 Å². The van der Waals surface area contributed by atoms with Crippen LogP contribution in [-0.2, 0) is 13.9 Å². The number of morpholine rings is 1. The maximum atomic E-state index is 13.0. The van der Waals surface area contributed by atoms with Crippen molar-refractivity contribution in [1.29, 1.82) is 0 Å². The predicted octanol–water partition coefficient (Wildman–Crippen LogP) is 4.45. The van der Waals surface area contributed by atoms with Gasteiger partial charge in [-0.3, -0.25) is 14.3 Å². The van der Waals surface area contributed by atoms with Gasteiger partial charge in [-0.1, -0.05) is 17.7 Å². The molecule has 32 heavy (non-hydrogen) atoms. The van der Waals surface area contributed by atoms with E-state index in [9.17, 15) is 9.36 Å². The minimum Gasteiger partial charge on any atom is -0.379 e. The summed E-state index contributed by atoms with van der Waals surface area (Å²) in [6.07, 6.45) is 1.69. The van der Waals surface area contributed by atoms with Gasteiger partial charge in [0, 0.05) is 48.1 Å². The van der Waals surface area contributed by atoms with Crippen molar-refractivity contribution in [3.63, 3.8) is 0 Å². The summed E-state index contributed by atoms with van der Waals surface area (Å²) in [5, 5.41) is 5.64. The van der Waals surface area contributed by atoms with E-state index in [4.69, 9.17) is 21.0 Å². The zero-order chi connectivity index (χ0) is 22.6. The quantitative estimate of drug-likeness (QED) is 0.535. The number of hydroxylamine groups is 2. The summed E-state index contributed by atoms with van der Waals surface area (Å²) in [5.41, 5.74) is 2.49. The van der Waals surface area contributed by atoms with Crippen LogP contribution in [0.15, 0.2) is 66.9 Å². The van der Waals surface area contributed by atoms with Crippen molar-refractivity contribution in [3.8, 4) is 11.3 Å². The summed E-state index contributed by atoms with van der Waals surface area (Å²) < 4.78 is 24.0. The summed E-state index contributed by atoms with van der Waals surface area (Å²) in [5.74, 6) is -0.286. The zero-order valence-corrected chi connectivity index (χ0v) is 19.2. The fraction of sp³-hybridized carbons (Fsp3) is 0.217. The van der Waals surface area contributed by atoms with Gasteiger partial charge in [0.05, 0.1) is 23.9 Å². The van der Waals surface area contributed by atoms with Crippen LogP contribution in [0.4, 0.5) is 5.69 Å². The number of halogens is 1. The average Bonchev–Trinajstić information content (AvgIpc) is 2.81. The molecule has 166 valence electrons. The molecule has 1 N–H and O–H groups in total. The summed E-state index contributed by atoms with van der Waals surface area (Å²) in [6, 6.07) is 17.4. The Morgan fingerprint density at radius 3 is 2.56 bits per heavy atom. The average molecular weight is 472 g/mol. The van der Waals surface area contributed by atoms with E-state index in [0.717, 1.165) is 11.3 Å². The third-order valence-electron chi connectivity index (χ3n) is 5.00. The molecule has 0 aliphatic carbocycles. The Morgan fingerprint density at radius 2 is 1.88 bits per heavy atom. The molecule has 7 nitrogen and oxygen atoms in total. The Morgan fingerprint density at radius 1 is 1.12 bits per heavy atom. The second kappa shape index (κ2) is 9.94. The smallest absolute Gasteiger partial charge is 0.255 e. The highest BCUT2D eigenvalue weighted by molar-refractivity contribution is 7.66. The number of ether oxygens (including phenoxy) is 1. The molecule has 1 aliphatic heterocycles. The van der Waals surface area contributed by atoms with Crippen LogP contribution < -0.4 is 10.6 Å². The van der Waals surface area contributed by atoms with Crippen LogP contribution in [0, 0.1) is 0 Å². The second-order valence-electron chi connectivity index (χ2n) is 7.38. The first-order valence-electron chi connectivity index (χ1n) is 10.2. The van der Waals surface area contributed by atoms with Crippen molar-refractivity contribution < 1.29 is 18.7 Å². The number of pyridine rings is 1. The van der Waals surface area contributed by atoms with Crippen LogP contribution >= 0.6 is 19.0 Å². The molecule has 1 unspecified atom stereocenters. The minimum atomic E-state index is -3.06. The lowest BCUT2D eigenvalue weighted by atomic mass is 10.1. The van der Waals surface area contributed by atoms with Crippen molar-refractivity contribution in [2.45, 2.75) is 0 Å². The molecule has 1 aliphatic rings. The molecular formula is C23H23ClN3O4P. The standard InChI is InChI=1S/C23H23ClN3O4P/c1-32(29,31-27-12-14-30-15-13-27)19-8-5-17(6-9-19)23(28)26-18-7-10-21(24)20(16-18)22-4-2-3-11-25-22/h2-11,16H,12-15H2,1H3,(H,26,28). The summed E-state index contributed by atoms with van der Waals surface area (Å²) >= 11 is 6.31. The van der Waals surface area contributed by atoms with Gasteiger partial charge >= 0.3 is 0 Å². The number of aromatic nitrogens is 1. The zero-order valence-electron chi connectivity index (χ0n) is 17.5. The summed E-state index contributed by atoms with van der Waals surface area (Å²) in [4.78, 5) is 17.1. The molecule has 0 saturated carbocycles. The number of amides is 1. The van der Waals surface area contributed by atoms with Gasteiger partial charge in [0.15, 0.2) is 0 Å². The van der Waals surface area contributed by atoms with Crippen LogP contribution in [0.25, 0.3) is 11.3 Å². The third kappa shape index (κ3) is 5.44. The Bertz CT molecular complexity index is 1140. The Balaban J connectivity index is 1.46. The molecule has 0 bridgehead atoms. The summed E-state index contributed by atoms with van der Waals surface area (Å²) in [6.45, 7) is 3.81. The van der Waals surface area contributed by atoms with E-state index in [0.29, 0.717) is 47.9 Å². The van der Waals surface area contributed by atoms with Gasteiger partial charge in [-0.15, -0.1) is 0 Å². The van der Waals surface area contributed by atoms with Crippen LogP contribution in [0.1, 0.15) is 10.4 Å². The van der Waals surface area contributed by atoms with Crippen LogP contribution in [-0.4, -0.2) is 48.9 Å². The third-order valence-corrected chi connectivity index (χ3v) is 7.11. The number of rotatable bonds is 6. The fourth-order valence-electron chi connectivity index (χ4n) is 3.30. The number of hydrogen-bond donors (Lipinski definition) is 1. The number of carbonyl (C=O) groups excluding carboxylic acids is 1. The molecule has 1 fully saturated rings. The molecule has 4 rings (SSSR count). The van der Waals surface area contributed by atoms with E-state index in [1.54, 1.807) is 60.4 Å². The van der Waals surface area contributed by atoms with Crippen molar-refractivity contribution in [2.75, 3.05) is 38.3 Å². The van der Waals surface area contributed by atoms with E-state index in [1.165, 1.54) is 0 Å². The summed E-state index contributed by atoms with van der Waals surface area (Å²) in [7, 11) is -3.06. The molecule has 9 heteroatoms. The predicted molar refractivity (Wildman–Crippen MR) is 126 cm³/mol. The Kier molecular flexibility index (Phi) is 7.04. The topological polar surface area (TPSA) is 80.8 Å². The largest absolute Gasteiger partial charge is 0.379 e. The van der Waals surface area contributed by atoms with Gasteiger partial charge in [0.25, 0.3) is 5.91 Å². The van der Waals surface area contributed by atoms with Crippen LogP contribution in [0.3, 0.4) is 0 Å². The van der Waals surface area contributed by atoms with E-state index in [-0.39, 0.29) is 5.91 Å². The molecule has 0 spiro atoms. The van der Waals surface area contributed by atoms with E-state index in [2.05, 4.69) is 10.3 Å². The molecule has 1 amide bonds. The number of nitrogens with zero attached hydrogens (tertiary/aromatic N) is 2. The molecule has 1 saturated heterocycles. The first-order valence-corrected chi connectivity index (χ1v) is 12.6. The number of benzene rings is 2. The highest BCUT2D eigenvalue weighted by Gasteiger charge is 2.25. The Hall–Kier alpha value is -2.54. The van der Waals surface area contributed by atoms with Crippen molar-refractivity contribution in [2.24, 2.45) is 0 Å². The lowest BCUT2D eigenvalue weighted by molar-refractivity contribution is -0.114. The van der Waals surface area contributed by atoms with E-state index < -0.39 is 7.37 Å². The van der Waals surface area contributed by atoms with E-state index >= 15 is 0 Å². The molecule has 3 aromatic rings. The molecule has 2 heterocycles. The first kappa shape index (κ1) is 22.6. The number of nitrogens with one attached hydrogen (secondary N) is 1. The van der Waals surface area contributed by atoms with Crippen LogP contribution in [0.2, 0.25) is 5.02 Å². The second-order valence-corrected chi connectivity index (χ2v) is 10.2. The maximum absolute atomic E-state index is 13.0. The Labute approximate surface area is 191 Å². The minimum absolute atomic E-state index is 0.286. The van der Waals surface area contributed by atoms with Gasteiger partial charge in [0.1, 0.15) is 0 Å².